The highest BCUT2D eigenvalue weighted by atomic mass is 16.5. The van der Waals surface area contributed by atoms with Crippen LogP contribution in [0.3, 0.4) is 0 Å². The van der Waals surface area contributed by atoms with E-state index in [4.69, 9.17) is 4.74 Å². The Labute approximate surface area is 150 Å². The lowest BCUT2D eigenvalue weighted by Gasteiger charge is -2.34. The molecule has 25 heavy (non-hydrogen) atoms. The molecule has 1 aliphatic carbocycles. The number of hydrogen-bond donors (Lipinski definition) is 0. The molecule has 1 heterocycles. The molecule has 1 atom stereocenters. The maximum absolute atomic E-state index is 13.0. The Morgan fingerprint density at radius 2 is 1.56 bits per heavy atom. The second kappa shape index (κ2) is 9.14. The van der Waals surface area contributed by atoms with Gasteiger partial charge in [0.25, 0.3) is 0 Å². The minimum atomic E-state index is -0.389. The zero-order valence-electron chi connectivity index (χ0n) is 15.0. The first-order valence-corrected chi connectivity index (χ1v) is 9.75. The molecule has 2 aliphatic rings. The summed E-state index contributed by atoms with van der Waals surface area (Å²) in [6.45, 7) is 1.27. The van der Waals surface area contributed by atoms with Gasteiger partial charge < -0.3 is 4.74 Å². The van der Waals surface area contributed by atoms with E-state index in [0.717, 1.165) is 31.2 Å². The highest BCUT2D eigenvalue weighted by molar-refractivity contribution is 5.81. The lowest BCUT2D eigenvalue weighted by atomic mass is 9.98. The van der Waals surface area contributed by atoms with Crippen molar-refractivity contribution in [2.24, 2.45) is 0 Å². The smallest absolute Gasteiger partial charge is 0.328 e. The molecule has 1 saturated heterocycles. The number of hydrogen-bond acceptors (Lipinski definition) is 4. The Hall–Kier alpha value is -1.68. The van der Waals surface area contributed by atoms with Gasteiger partial charge in [-0.2, -0.15) is 0 Å². The first-order valence-electron chi connectivity index (χ1n) is 9.75. The number of benzene rings is 1. The Kier molecular flexibility index (Phi) is 6.62. The summed E-state index contributed by atoms with van der Waals surface area (Å²) in [5.41, 5.74) is 0.965. The van der Waals surface area contributed by atoms with Gasteiger partial charge in [-0.05, 0) is 31.2 Å². The monoisotopic (exact) mass is 343 g/mol. The van der Waals surface area contributed by atoms with Crippen molar-refractivity contribution in [1.82, 2.24) is 4.90 Å². The largest absolute Gasteiger partial charge is 0.461 e. The Morgan fingerprint density at radius 1 is 0.960 bits per heavy atom. The molecular weight excluding hydrogens is 314 g/mol. The fourth-order valence-electron chi connectivity index (χ4n) is 3.93. The highest BCUT2D eigenvalue weighted by Gasteiger charge is 2.33. The van der Waals surface area contributed by atoms with Crippen molar-refractivity contribution in [2.45, 2.75) is 69.9 Å². The van der Waals surface area contributed by atoms with Gasteiger partial charge in [-0.3, -0.25) is 9.69 Å². The summed E-state index contributed by atoms with van der Waals surface area (Å²) in [5.74, 6) is 0.141. The lowest BCUT2D eigenvalue weighted by molar-refractivity contribution is -0.158. The quantitative estimate of drug-likeness (QED) is 0.774. The van der Waals surface area contributed by atoms with Gasteiger partial charge in [0.1, 0.15) is 17.9 Å². The van der Waals surface area contributed by atoms with E-state index in [2.05, 4.69) is 4.90 Å². The van der Waals surface area contributed by atoms with Crippen LogP contribution in [0, 0.1) is 0 Å². The minimum Gasteiger partial charge on any atom is -0.461 e. The highest BCUT2D eigenvalue weighted by Crippen LogP contribution is 2.27. The van der Waals surface area contributed by atoms with Gasteiger partial charge in [0.05, 0.1) is 0 Å². The molecule has 0 spiro atoms. The van der Waals surface area contributed by atoms with E-state index in [9.17, 15) is 9.59 Å². The number of piperidine rings is 1. The van der Waals surface area contributed by atoms with Crippen LogP contribution in [-0.4, -0.2) is 35.8 Å². The van der Waals surface area contributed by atoms with Crippen molar-refractivity contribution in [3.05, 3.63) is 35.9 Å². The lowest BCUT2D eigenvalue weighted by Crippen LogP contribution is -2.41. The topological polar surface area (TPSA) is 46.6 Å². The van der Waals surface area contributed by atoms with Crippen LogP contribution in [0.1, 0.15) is 69.4 Å². The average Bonchev–Trinajstić information content (AvgIpc) is 2.60. The molecule has 3 rings (SSSR count). The van der Waals surface area contributed by atoms with Gasteiger partial charge in [-0.25, -0.2) is 4.79 Å². The van der Waals surface area contributed by atoms with Gasteiger partial charge >= 0.3 is 5.97 Å². The molecule has 1 aromatic carbocycles. The standard InChI is InChI=1S/C21H29NO3/c23-18-13-15-22(16-14-18)20(17-9-5-4-6-10-17)21(24)25-19-11-7-2-1-3-8-12-19/h4-6,9-10,19-20H,1-3,7-8,11-16H2. The van der Waals surface area contributed by atoms with Crippen LogP contribution in [-0.2, 0) is 14.3 Å². The second-order valence-electron chi connectivity index (χ2n) is 7.29. The van der Waals surface area contributed by atoms with Gasteiger partial charge in [-0.15, -0.1) is 0 Å². The average molecular weight is 343 g/mol. The number of rotatable bonds is 4. The van der Waals surface area contributed by atoms with Crippen molar-refractivity contribution in [3.63, 3.8) is 0 Å². The first-order chi connectivity index (χ1) is 12.2. The van der Waals surface area contributed by atoms with E-state index in [-0.39, 0.29) is 23.9 Å². The number of ketones is 1. The summed E-state index contributed by atoms with van der Waals surface area (Å²) in [6.07, 6.45) is 9.13. The van der Waals surface area contributed by atoms with Gasteiger partial charge in [0, 0.05) is 25.9 Å². The van der Waals surface area contributed by atoms with Crippen LogP contribution >= 0.6 is 0 Å². The molecule has 2 fully saturated rings. The third-order valence-electron chi connectivity index (χ3n) is 5.39. The Bertz CT molecular complexity index is 554. The molecule has 1 saturated carbocycles. The number of Topliss-reactive ketones (excluding diaryl/α,β-unsaturated/α-hetero) is 1. The summed E-state index contributed by atoms with van der Waals surface area (Å²) < 4.78 is 5.96. The molecule has 4 heteroatoms. The predicted octanol–water partition coefficient (Wildman–Crippen LogP) is 4.05. The third-order valence-corrected chi connectivity index (χ3v) is 5.39. The molecule has 1 unspecified atom stereocenters. The normalized spacial score (nSPS) is 22.0. The fourth-order valence-corrected chi connectivity index (χ4v) is 3.93. The molecular formula is C21H29NO3. The SMILES string of the molecule is O=C1CCN(C(C(=O)OC2CCCCCCC2)c2ccccc2)CC1. The van der Waals surface area contributed by atoms with Crippen molar-refractivity contribution in [3.8, 4) is 0 Å². The van der Waals surface area contributed by atoms with E-state index in [1.165, 1.54) is 19.3 Å². The van der Waals surface area contributed by atoms with Crippen molar-refractivity contribution in [2.75, 3.05) is 13.1 Å². The number of carbonyl (C=O) groups is 2. The number of nitrogens with zero attached hydrogens (tertiary/aromatic N) is 1. The van der Waals surface area contributed by atoms with Crippen LogP contribution in [0.5, 0.6) is 0 Å². The zero-order chi connectivity index (χ0) is 17.5. The van der Waals surface area contributed by atoms with E-state index >= 15 is 0 Å². The molecule has 0 N–H and O–H groups in total. The van der Waals surface area contributed by atoms with Crippen molar-refractivity contribution < 1.29 is 14.3 Å². The Morgan fingerprint density at radius 3 is 2.20 bits per heavy atom. The molecule has 1 aromatic rings. The van der Waals surface area contributed by atoms with E-state index in [1.54, 1.807) is 0 Å². The Balaban J connectivity index is 1.71. The molecule has 0 amide bonds. The first kappa shape index (κ1) is 18.1. The molecule has 136 valence electrons. The van der Waals surface area contributed by atoms with E-state index in [1.807, 2.05) is 30.3 Å². The summed E-state index contributed by atoms with van der Waals surface area (Å²) in [4.78, 5) is 26.7. The maximum Gasteiger partial charge on any atom is 0.328 e. The van der Waals surface area contributed by atoms with E-state index < -0.39 is 0 Å². The van der Waals surface area contributed by atoms with Crippen molar-refractivity contribution >= 4 is 11.8 Å². The summed E-state index contributed by atoms with van der Waals surface area (Å²) in [6, 6.07) is 9.46. The maximum atomic E-state index is 13.0. The van der Waals surface area contributed by atoms with Gasteiger partial charge in [0.15, 0.2) is 0 Å². The zero-order valence-corrected chi connectivity index (χ0v) is 15.0. The van der Waals surface area contributed by atoms with E-state index in [0.29, 0.717) is 25.9 Å². The number of carbonyl (C=O) groups excluding carboxylic acids is 2. The van der Waals surface area contributed by atoms with Crippen LogP contribution < -0.4 is 0 Å². The van der Waals surface area contributed by atoms with Crippen LogP contribution in [0.15, 0.2) is 30.3 Å². The van der Waals surface area contributed by atoms with Crippen LogP contribution in [0.2, 0.25) is 0 Å². The van der Waals surface area contributed by atoms with Gasteiger partial charge in [0.2, 0.25) is 0 Å². The van der Waals surface area contributed by atoms with Crippen molar-refractivity contribution in [1.29, 1.82) is 0 Å². The minimum absolute atomic E-state index is 0.0467. The molecule has 0 aromatic heterocycles. The second-order valence-corrected chi connectivity index (χ2v) is 7.29. The van der Waals surface area contributed by atoms with Crippen LogP contribution in [0.25, 0.3) is 0 Å². The fraction of sp³-hybridized carbons (Fsp3) is 0.619. The molecule has 0 radical (unpaired) electrons. The number of ether oxygens (including phenoxy) is 1. The van der Waals surface area contributed by atoms with Gasteiger partial charge in [-0.1, -0.05) is 49.6 Å². The van der Waals surface area contributed by atoms with Crippen LogP contribution in [0.4, 0.5) is 0 Å². The summed E-state index contributed by atoms with van der Waals surface area (Å²) in [5, 5.41) is 0. The summed E-state index contributed by atoms with van der Waals surface area (Å²) in [7, 11) is 0. The molecule has 1 aliphatic heterocycles. The number of esters is 1. The summed E-state index contributed by atoms with van der Waals surface area (Å²) >= 11 is 0. The molecule has 4 nitrogen and oxygen atoms in total. The number of likely N-dealkylation sites (tertiary alicyclic amines) is 1. The predicted molar refractivity (Wildman–Crippen MR) is 97.2 cm³/mol. The molecule has 0 bridgehead atoms. The third kappa shape index (κ3) is 5.15.